The fourth-order valence-corrected chi connectivity index (χ4v) is 3.72. The largest absolute Gasteiger partial charge is 0.444 e. The monoisotopic (exact) mass is 380 g/mol. The van der Waals surface area contributed by atoms with Crippen molar-refractivity contribution >= 4 is 12.0 Å². The number of amides is 2. The quantitative estimate of drug-likeness (QED) is 0.869. The van der Waals surface area contributed by atoms with Crippen molar-refractivity contribution in [3.8, 4) is 0 Å². The Morgan fingerprint density at radius 2 is 1.93 bits per heavy atom. The minimum Gasteiger partial charge on any atom is -0.444 e. The summed E-state index contributed by atoms with van der Waals surface area (Å²) in [4.78, 5) is 26.4. The number of ether oxygens (including phenoxy) is 1. The molecular weight excluding hydrogens is 354 g/mol. The minimum atomic E-state index is -0.597. The SMILES string of the molecule is CC(C)(C)OC(=O)NC[C@@H]1CCCN1C(=O)[C@H]1C[C@@H]1c1c(F)cccc1F. The maximum Gasteiger partial charge on any atom is 0.407 e. The van der Waals surface area contributed by atoms with E-state index in [1.165, 1.54) is 18.2 Å². The van der Waals surface area contributed by atoms with Gasteiger partial charge in [0.15, 0.2) is 0 Å². The number of alkyl carbamates (subject to hydrolysis) is 1. The van der Waals surface area contributed by atoms with Crippen molar-refractivity contribution in [3.05, 3.63) is 35.4 Å². The molecule has 1 saturated heterocycles. The summed E-state index contributed by atoms with van der Waals surface area (Å²) < 4.78 is 33.1. The third-order valence-corrected chi connectivity index (χ3v) is 5.02. The molecule has 7 heteroatoms. The lowest BCUT2D eigenvalue weighted by molar-refractivity contribution is -0.133. The average molecular weight is 380 g/mol. The summed E-state index contributed by atoms with van der Waals surface area (Å²) in [6, 6.07) is 3.66. The van der Waals surface area contributed by atoms with Gasteiger partial charge >= 0.3 is 6.09 Å². The van der Waals surface area contributed by atoms with Crippen molar-refractivity contribution in [2.75, 3.05) is 13.1 Å². The van der Waals surface area contributed by atoms with Gasteiger partial charge in [0.2, 0.25) is 5.91 Å². The molecule has 1 saturated carbocycles. The van der Waals surface area contributed by atoms with Crippen LogP contribution in [0.25, 0.3) is 0 Å². The number of carbonyl (C=O) groups is 2. The van der Waals surface area contributed by atoms with Gasteiger partial charge in [0, 0.05) is 36.5 Å². The standard InChI is InChI=1S/C20H26F2N2O3/c1-20(2,3)27-19(26)23-11-12-6-5-9-24(12)18(25)14-10-13(14)17-15(21)7-4-8-16(17)22/h4,7-8,12-14H,5-6,9-11H2,1-3H3,(H,23,26)/t12-,13-,14-/m0/s1. The van der Waals surface area contributed by atoms with Crippen LogP contribution in [-0.2, 0) is 9.53 Å². The molecule has 1 heterocycles. The van der Waals surface area contributed by atoms with Crippen LogP contribution < -0.4 is 5.32 Å². The molecule has 0 bridgehead atoms. The molecule has 1 aromatic carbocycles. The van der Waals surface area contributed by atoms with Crippen LogP contribution in [0.4, 0.5) is 13.6 Å². The molecule has 0 radical (unpaired) electrons. The van der Waals surface area contributed by atoms with E-state index in [1.54, 1.807) is 25.7 Å². The zero-order chi connectivity index (χ0) is 19.8. The van der Waals surface area contributed by atoms with Crippen molar-refractivity contribution in [2.45, 2.75) is 57.6 Å². The normalized spacial score (nSPS) is 24.6. The van der Waals surface area contributed by atoms with Gasteiger partial charge < -0.3 is 15.0 Å². The number of hydrogen-bond donors (Lipinski definition) is 1. The predicted octanol–water partition coefficient (Wildman–Crippen LogP) is 3.58. The predicted molar refractivity (Wildman–Crippen MR) is 96.2 cm³/mol. The number of hydrogen-bond acceptors (Lipinski definition) is 3. The Morgan fingerprint density at radius 3 is 2.56 bits per heavy atom. The highest BCUT2D eigenvalue weighted by Gasteiger charge is 2.49. The van der Waals surface area contributed by atoms with Crippen LogP contribution in [0.15, 0.2) is 18.2 Å². The Morgan fingerprint density at radius 1 is 1.26 bits per heavy atom. The Labute approximate surface area is 158 Å². The molecule has 5 nitrogen and oxygen atoms in total. The van der Waals surface area contributed by atoms with E-state index < -0.39 is 35.2 Å². The van der Waals surface area contributed by atoms with Crippen LogP contribution >= 0.6 is 0 Å². The Hall–Kier alpha value is -2.18. The lowest BCUT2D eigenvalue weighted by Crippen LogP contribution is -2.45. The van der Waals surface area contributed by atoms with Crippen LogP contribution in [0.3, 0.4) is 0 Å². The van der Waals surface area contributed by atoms with Crippen molar-refractivity contribution in [2.24, 2.45) is 5.92 Å². The molecule has 3 rings (SSSR count). The second kappa shape index (κ2) is 7.44. The van der Waals surface area contributed by atoms with Gasteiger partial charge in [-0.2, -0.15) is 0 Å². The van der Waals surface area contributed by atoms with Gasteiger partial charge in [-0.05, 0) is 52.2 Å². The smallest absolute Gasteiger partial charge is 0.407 e. The summed E-state index contributed by atoms with van der Waals surface area (Å²) in [5, 5.41) is 2.71. The second-order valence-electron chi connectivity index (χ2n) is 8.29. The topological polar surface area (TPSA) is 58.6 Å². The first kappa shape index (κ1) is 19.6. The fourth-order valence-electron chi connectivity index (χ4n) is 3.72. The third-order valence-electron chi connectivity index (χ3n) is 5.02. The van der Waals surface area contributed by atoms with E-state index in [4.69, 9.17) is 4.74 Å². The van der Waals surface area contributed by atoms with Gasteiger partial charge in [-0.3, -0.25) is 4.79 Å². The van der Waals surface area contributed by atoms with Gasteiger partial charge in [0.25, 0.3) is 0 Å². The molecule has 2 amide bonds. The highest BCUT2D eigenvalue weighted by Crippen LogP contribution is 2.50. The van der Waals surface area contributed by atoms with Gasteiger partial charge in [0.05, 0.1) is 0 Å². The van der Waals surface area contributed by atoms with Crippen LogP contribution in [0.1, 0.15) is 51.5 Å². The summed E-state index contributed by atoms with van der Waals surface area (Å²) in [6.45, 7) is 6.27. The maximum absolute atomic E-state index is 14.0. The first-order valence-corrected chi connectivity index (χ1v) is 9.38. The average Bonchev–Trinajstić information content (AvgIpc) is 3.18. The molecule has 2 fully saturated rings. The summed E-state index contributed by atoms with van der Waals surface area (Å²) in [5.74, 6) is -2.08. The Balaban J connectivity index is 1.58. The summed E-state index contributed by atoms with van der Waals surface area (Å²) in [6.07, 6.45) is 1.57. The van der Waals surface area contributed by atoms with E-state index >= 15 is 0 Å². The van der Waals surface area contributed by atoms with Crippen molar-refractivity contribution < 1.29 is 23.1 Å². The molecule has 3 atom stereocenters. The number of nitrogens with one attached hydrogen (secondary N) is 1. The Kier molecular flexibility index (Phi) is 5.40. The Bertz CT molecular complexity index is 712. The molecular formula is C20H26F2N2O3. The van der Waals surface area contributed by atoms with Crippen LogP contribution in [0.5, 0.6) is 0 Å². The van der Waals surface area contributed by atoms with E-state index in [2.05, 4.69) is 5.32 Å². The van der Waals surface area contributed by atoms with Gasteiger partial charge in [0.1, 0.15) is 17.2 Å². The zero-order valence-electron chi connectivity index (χ0n) is 15.9. The van der Waals surface area contributed by atoms with Crippen molar-refractivity contribution in [3.63, 3.8) is 0 Å². The van der Waals surface area contributed by atoms with E-state index in [9.17, 15) is 18.4 Å². The molecule has 148 valence electrons. The number of halogens is 2. The van der Waals surface area contributed by atoms with Gasteiger partial charge in [-0.25, -0.2) is 13.6 Å². The lowest BCUT2D eigenvalue weighted by atomic mass is 10.1. The molecule has 1 aliphatic carbocycles. The van der Waals surface area contributed by atoms with E-state index in [1.807, 2.05) is 0 Å². The molecule has 0 unspecified atom stereocenters. The summed E-state index contributed by atoms with van der Waals surface area (Å²) in [5.41, 5.74) is -0.571. The molecule has 1 N–H and O–H groups in total. The van der Waals surface area contributed by atoms with Crippen LogP contribution in [0, 0.1) is 17.6 Å². The first-order chi connectivity index (χ1) is 12.7. The minimum absolute atomic E-state index is 0.0125. The van der Waals surface area contributed by atoms with Crippen LogP contribution in [0.2, 0.25) is 0 Å². The summed E-state index contributed by atoms with van der Waals surface area (Å²) >= 11 is 0. The number of benzene rings is 1. The van der Waals surface area contributed by atoms with Gasteiger partial charge in [-0.1, -0.05) is 6.07 Å². The molecule has 0 spiro atoms. The fraction of sp³-hybridized carbons (Fsp3) is 0.600. The van der Waals surface area contributed by atoms with Gasteiger partial charge in [-0.15, -0.1) is 0 Å². The molecule has 27 heavy (non-hydrogen) atoms. The highest BCUT2D eigenvalue weighted by molar-refractivity contribution is 5.83. The lowest BCUT2D eigenvalue weighted by Gasteiger charge is -2.26. The van der Waals surface area contributed by atoms with Crippen molar-refractivity contribution in [1.29, 1.82) is 0 Å². The highest BCUT2D eigenvalue weighted by atomic mass is 19.1. The van der Waals surface area contributed by atoms with E-state index in [-0.39, 0.29) is 17.5 Å². The zero-order valence-corrected chi connectivity index (χ0v) is 15.9. The third kappa shape index (κ3) is 4.57. The number of likely N-dealkylation sites (tertiary alicyclic amines) is 1. The molecule has 1 aromatic rings. The summed E-state index contributed by atoms with van der Waals surface area (Å²) in [7, 11) is 0. The van der Waals surface area contributed by atoms with Crippen LogP contribution in [-0.4, -0.2) is 41.6 Å². The van der Waals surface area contributed by atoms with Crippen molar-refractivity contribution in [1.82, 2.24) is 10.2 Å². The first-order valence-electron chi connectivity index (χ1n) is 9.38. The number of rotatable bonds is 4. The molecule has 2 aliphatic rings. The van der Waals surface area contributed by atoms with E-state index in [0.717, 1.165) is 12.8 Å². The number of carbonyl (C=O) groups excluding carboxylic acids is 2. The molecule has 1 aliphatic heterocycles. The molecule has 0 aromatic heterocycles. The number of nitrogens with zero attached hydrogens (tertiary/aromatic N) is 1. The maximum atomic E-state index is 14.0. The second-order valence-corrected chi connectivity index (χ2v) is 8.29. The van der Waals surface area contributed by atoms with E-state index in [0.29, 0.717) is 19.5 Å².